The molecule has 0 saturated heterocycles. The molecule has 0 spiro atoms. The van der Waals surface area contributed by atoms with Crippen LogP contribution in [-0.4, -0.2) is 11.1 Å². The molecular formula is C14H13Cl2NO2. The first-order chi connectivity index (χ1) is 8.91. The van der Waals surface area contributed by atoms with Gasteiger partial charge in [0.15, 0.2) is 0 Å². The number of halogens is 2. The van der Waals surface area contributed by atoms with E-state index in [0.717, 1.165) is 5.70 Å². The van der Waals surface area contributed by atoms with Crippen molar-refractivity contribution in [3.63, 3.8) is 0 Å². The smallest absolute Gasteiger partial charge is 0.334 e. The molecule has 1 heterocycles. The van der Waals surface area contributed by atoms with Gasteiger partial charge in [-0.15, -0.1) is 0 Å². The predicted octanol–water partition coefficient (Wildman–Crippen LogP) is 3.94. The Hall–Kier alpha value is -1.45. The van der Waals surface area contributed by atoms with Crippen molar-refractivity contribution >= 4 is 29.2 Å². The number of benzene rings is 1. The van der Waals surface area contributed by atoms with Crippen LogP contribution in [0, 0.1) is 0 Å². The molecule has 0 amide bonds. The van der Waals surface area contributed by atoms with Crippen molar-refractivity contribution < 1.29 is 9.90 Å². The largest absolute Gasteiger partial charge is 0.478 e. The monoisotopic (exact) mass is 297 g/mol. The third kappa shape index (κ3) is 2.62. The summed E-state index contributed by atoms with van der Waals surface area (Å²) in [7, 11) is 0. The van der Waals surface area contributed by atoms with Crippen LogP contribution in [-0.2, 0) is 4.79 Å². The number of carboxylic acid groups (broad SMARTS) is 1. The zero-order valence-corrected chi connectivity index (χ0v) is 12.0. The number of nitrogens with one attached hydrogen (secondary N) is 1. The number of carboxylic acids is 1. The molecule has 0 aromatic heterocycles. The Kier molecular flexibility index (Phi) is 3.88. The molecule has 0 radical (unpaired) electrons. The van der Waals surface area contributed by atoms with E-state index in [0.29, 0.717) is 21.3 Å². The van der Waals surface area contributed by atoms with Gasteiger partial charge in [-0.25, -0.2) is 4.79 Å². The summed E-state index contributed by atoms with van der Waals surface area (Å²) in [5.41, 5.74) is 2.50. The molecule has 1 aliphatic rings. The highest BCUT2D eigenvalue weighted by molar-refractivity contribution is 6.42. The first kappa shape index (κ1) is 14.0. The second kappa shape index (κ2) is 5.27. The number of dihydropyridines is 1. The van der Waals surface area contributed by atoms with Crippen LogP contribution in [0.2, 0.25) is 10.0 Å². The minimum Gasteiger partial charge on any atom is -0.478 e. The standard InChI is InChI=1S/C14H13Cl2NO2/c1-7-6-10(12(14(18)19)8(2)17-7)9-4-3-5-11(15)13(9)16/h3-6,10,17H,1-2H3,(H,18,19). The van der Waals surface area contributed by atoms with Crippen molar-refractivity contribution in [3.05, 3.63) is 56.9 Å². The summed E-state index contributed by atoms with van der Waals surface area (Å²) in [4.78, 5) is 11.4. The fraction of sp³-hybridized carbons (Fsp3) is 0.214. The quantitative estimate of drug-likeness (QED) is 0.869. The van der Waals surface area contributed by atoms with Crippen LogP contribution >= 0.6 is 23.2 Å². The Morgan fingerprint density at radius 3 is 2.63 bits per heavy atom. The van der Waals surface area contributed by atoms with Gasteiger partial charge in [-0.05, 0) is 25.5 Å². The molecule has 5 heteroatoms. The van der Waals surface area contributed by atoms with Gasteiger partial charge in [0.1, 0.15) is 0 Å². The van der Waals surface area contributed by atoms with E-state index in [-0.39, 0.29) is 5.57 Å². The Morgan fingerprint density at radius 1 is 1.32 bits per heavy atom. The molecule has 0 saturated carbocycles. The predicted molar refractivity (Wildman–Crippen MR) is 76.4 cm³/mol. The van der Waals surface area contributed by atoms with Crippen molar-refractivity contribution in [2.45, 2.75) is 19.8 Å². The second-order valence-electron chi connectivity index (χ2n) is 4.44. The van der Waals surface area contributed by atoms with E-state index in [1.165, 1.54) is 0 Å². The van der Waals surface area contributed by atoms with Gasteiger partial charge in [-0.2, -0.15) is 0 Å². The molecule has 19 heavy (non-hydrogen) atoms. The highest BCUT2D eigenvalue weighted by atomic mass is 35.5. The summed E-state index contributed by atoms with van der Waals surface area (Å²) in [6.07, 6.45) is 1.84. The molecule has 1 aliphatic heterocycles. The lowest BCUT2D eigenvalue weighted by Crippen LogP contribution is -2.24. The molecule has 0 aliphatic carbocycles. The third-order valence-corrected chi connectivity index (χ3v) is 3.90. The minimum atomic E-state index is -0.963. The lowest BCUT2D eigenvalue weighted by Gasteiger charge is -2.25. The fourth-order valence-corrected chi connectivity index (χ4v) is 2.70. The van der Waals surface area contributed by atoms with E-state index in [9.17, 15) is 9.90 Å². The maximum absolute atomic E-state index is 11.4. The van der Waals surface area contributed by atoms with Gasteiger partial charge < -0.3 is 10.4 Å². The maximum Gasteiger partial charge on any atom is 0.334 e. The first-order valence-corrected chi connectivity index (χ1v) is 6.51. The normalized spacial score (nSPS) is 18.9. The SMILES string of the molecule is CC1=CC(c2cccc(Cl)c2Cl)C(C(=O)O)=C(C)N1. The van der Waals surface area contributed by atoms with E-state index < -0.39 is 11.9 Å². The molecule has 3 nitrogen and oxygen atoms in total. The van der Waals surface area contributed by atoms with Gasteiger partial charge in [0, 0.05) is 17.3 Å². The van der Waals surface area contributed by atoms with Gasteiger partial charge in [0.2, 0.25) is 0 Å². The minimum absolute atomic E-state index is 0.287. The van der Waals surface area contributed by atoms with E-state index in [4.69, 9.17) is 23.2 Å². The molecule has 1 unspecified atom stereocenters. The molecule has 2 rings (SSSR count). The third-order valence-electron chi connectivity index (χ3n) is 3.06. The van der Waals surface area contributed by atoms with Gasteiger partial charge in [-0.3, -0.25) is 0 Å². The summed E-state index contributed by atoms with van der Waals surface area (Å²) in [6, 6.07) is 5.25. The van der Waals surface area contributed by atoms with E-state index >= 15 is 0 Å². The number of hydrogen-bond donors (Lipinski definition) is 2. The van der Waals surface area contributed by atoms with Crippen LogP contribution in [0.25, 0.3) is 0 Å². The molecule has 0 fully saturated rings. The van der Waals surface area contributed by atoms with E-state index in [2.05, 4.69) is 5.32 Å². The Balaban J connectivity index is 2.60. The van der Waals surface area contributed by atoms with Gasteiger partial charge in [0.25, 0.3) is 0 Å². The maximum atomic E-state index is 11.4. The van der Waals surface area contributed by atoms with Crippen molar-refractivity contribution in [3.8, 4) is 0 Å². The van der Waals surface area contributed by atoms with Crippen LogP contribution in [0.1, 0.15) is 25.3 Å². The number of carbonyl (C=O) groups is 1. The highest BCUT2D eigenvalue weighted by Gasteiger charge is 2.28. The zero-order chi connectivity index (χ0) is 14.2. The molecule has 1 aromatic rings. The van der Waals surface area contributed by atoms with Crippen molar-refractivity contribution in [2.75, 3.05) is 0 Å². The topological polar surface area (TPSA) is 49.3 Å². The molecular weight excluding hydrogens is 285 g/mol. The Bertz CT molecular complexity index is 605. The average molecular weight is 298 g/mol. The van der Waals surface area contributed by atoms with Crippen molar-refractivity contribution in [1.82, 2.24) is 5.32 Å². The second-order valence-corrected chi connectivity index (χ2v) is 5.22. The van der Waals surface area contributed by atoms with Gasteiger partial charge in [0.05, 0.1) is 15.6 Å². The van der Waals surface area contributed by atoms with Crippen LogP contribution in [0.4, 0.5) is 0 Å². The zero-order valence-electron chi connectivity index (χ0n) is 10.5. The average Bonchev–Trinajstić information content (AvgIpc) is 2.31. The number of aliphatic carboxylic acids is 1. The summed E-state index contributed by atoms with van der Waals surface area (Å²) in [5.74, 6) is -1.36. The molecule has 0 bridgehead atoms. The number of allylic oxidation sites excluding steroid dienone is 3. The lowest BCUT2D eigenvalue weighted by atomic mass is 9.87. The highest BCUT2D eigenvalue weighted by Crippen LogP contribution is 2.38. The van der Waals surface area contributed by atoms with E-state index in [1.807, 2.05) is 13.0 Å². The van der Waals surface area contributed by atoms with Crippen LogP contribution in [0.15, 0.2) is 41.2 Å². The number of hydrogen-bond acceptors (Lipinski definition) is 2. The van der Waals surface area contributed by atoms with E-state index in [1.54, 1.807) is 25.1 Å². The molecule has 2 N–H and O–H groups in total. The van der Waals surface area contributed by atoms with Crippen LogP contribution < -0.4 is 5.32 Å². The summed E-state index contributed by atoms with van der Waals surface area (Å²) in [6.45, 7) is 3.62. The Labute approximate surface area is 121 Å². The van der Waals surface area contributed by atoms with Gasteiger partial charge in [-0.1, -0.05) is 41.4 Å². The van der Waals surface area contributed by atoms with Crippen LogP contribution in [0.3, 0.4) is 0 Å². The molecule has 100 valence electrons. The van der Waals surface area contributed by atoms with Crippen molar-refractivity contribution in [2.24, 2.45) is 0 Å². The Morgan fingerprint density at radius 2 is 2.00 bits per heavy atom. The van der Waals surface area contributed by atoms with Crippen LogP contribution in [0.5, 0.6) is 0 Å². The fourth-order valence-electron chi connectivity index (χ4n) is 2.27. The lowest BCUT2D eigenvalue weighted by molar-refractivity contribution is -0.133. The van der Waals surface area contributed by atoms with Gasteiger partial charge >= 0.3 is 5.97 Å². The molecule has 1 aromatic carbocycles. The van der Waals surface area contributed by atoms with Crippen molar-refractivity contribution in [1.29, 1.82) is 0 Å². The summed E-state index contributed by atoms with van der Waals surface area (Å²) >= 11 is 12.2. The molecule has 1 atom stereocenters. The summed E-state index contributed by atoms with van der Waals surface area (Å²) in [5, 5.41) is 13.2. The summed E-state index contributed by atoms with van der Waals surface area (Å²) < 4.78 is 0. The number of rotatable bonds is 2. The first-order valence-electron chi connectivity index (χ1n) is 5.75.